The van der Waals surface area contributed by atoms with Crippen LogP contribution in [-0.4, -0.2) is 39.1 Å². The number of furan rings is 1. The molecule has 0 radical (unpaired) electrons. The Kier molecular flexibility index (Phi) is 5.23. The van der Waals surface area contributed by atoms with Crippen molar-refractivity contribution in [2.75, 3.05) is 6.54 Å². The molecule has 154 valence electrons. The van der Waals surface area contributed by atoms with Crippen molar-refractivity contribution in [3.8, 4) is 0 Å². The van der Waals surface area contributed by atoms with E-state index in [9.17, 15) is 4.79 Å². The van der Waals surface area contributed by atoms with Gasteiger partial charge in [0.05, 0.1) is 18.8 Å². The van der Waals surface area contributed by atoms with Crippen LogP contribution < -0.4 is 0 Å². The van der Waals surface area contributed by atoms with Crippen LogP contribution in [0.2, 0.25) is 0 Å². The number of hydrogen-bond acceptors (Lipinski definition) is 6. The number of pyridine rings is 1. The van der Waals surface area contributed by atoms with Crippen LogP contribution >= 0.6 is 11.3 Å². The van der Waals surface area contributed by atoms with Gasteiger partial charge in [0.2, 0.25) is 0 Å². The van der Waals surface area contributed by atoms with Gasteiger partial charge in [0.25, 0.3) is 5.91 Å². The van der Waals surface area contributed by atoms with E-state index in [1.807, 2.05) is 35.8 Å². The maximum atomic E-state index is 13.5. The van der Waals surface area contributed by atoms with Gasteiger partial charge in [-0.2, -0.15) is 5.10 Å². The molecule has 3 aromatic heterocycles. The zero-order chi connectivity index (χ0) is 20.5. The van der Waals surface area contributed by atoms with Crippen molar-refractivity contribution in [3.05, 3.63) is 76.6 Å². The molecule has 0 N–H and O–H groups in total. The third-order valence-corrected chi connectivity index (χ3v) is 6.81. The van der Waals surface area contributed by atoms with E-state index >= 15 is 0 Å². The van der Waals surface area contributed by atoms with E-state index in [2.05, 4.69) is 28.9 Å². The molecule has 1 fully saturated rings. The quantitative estimate of drug-likeness (QED) is 0.559. The summed E-state index contributed by atoms with van der Waals surface area (Å²) in [5, 5.41) is 8.43. The summed E-state index contributed by atoms with van der Waals surface area (Å²) < 4.78 is 5.55. The van der Waals surface area contributed by atoms with Gasteiger partial charge >= 0.3 is 0 Å². The first-order valence-electron chi connectivity index (χ1n) is 10.3. The molecule has 1 aliphatic carbocycles. The van der Waals surface area contributed by atoms with E-state index in [4.69, 9.17) is 9.52 Å². The number of rotatable bonds is 7. The first-order chi connectivity index (χ1) is 14.7. The van der Waals surface area contributed by atoms with Crippen LogP contribution in [0.15, 0.2) is 70.0 Å². The fraction of sp³-hybridized carbons (Fsp3) is 0.348. The lowest BCUT2D eigenvalue weighted by molar-refractivity contribution is -0.135. The van der Waals surface area contributed by atoms with Crippen LogP contribution in [-0.2, 0) is 4.79 Å². The average molecular weight is 421 g/mol. The number of carbonyl (C=O) groups is 1. The molecule has 0 aromatic carbocycles. The summed E-state index contributed by atoms with van der Waals surface area (Å²) in [6.07, 6.45) is 8.25. The fourth-order valence-corrected chi connectivity index (χ4v) is 4.88. The predicted octanol–water partition coefficient (Wildman–Crippen LogP) is 4.64. The summed E-state index contributed by atoms with van der Waals surface area (Å²) in [4.78, 5) is 21.2. The molecule has 0 bridgehead atoms. The van der Waals surface area contributed by atoms with Crippen LogP contribution in [0.4, 0.5) is 0 Å². The van der Waals surface area contributed by atoms with Gasteiger partial charge in [0, 0.05) is 35.8 Å². The maximum Gasteiger partial charge on any atom is 0.257 e. The SMILES string of the molecule is CC(c1cccnc1)N(CC(=O)N1N=C(c2ccco2)CC1c1cccs1)C1CC1. The Morgan fingerprint density at radius 1 is 1.30 bits per heavy atom. The van der Waals surface area contributed by atoms with Crippen LogP contribution in [0.5, 0.6) is 0 Å². The van der Waals surface area contributed by atoms with Crippen LogP contribution in [0.1, 0.15) is 54.5 Å². The molecule has 0 spiro atoms. The summed E-state index contributed by atoms with van der Waals surface area (Å²) >= 11 is 1.66. The van der Waals surface area contributed by atoms with Crippen LogP contribution in [0, 0.1) is 0 Å². The summed E-state index contributed by atoms with van der Waals surface area (Å²) in [5.74, 6) is 0.757. The van der Waals surface area contributed by atoms with E-state index in [1.165, 1.54) is 0 Å². The molecule has 5 rings (SSSR count). The first-order valence-corrected chi connectivity index (χ1v) is 11.2. The topological polar surface area (TPSA) is 61.9 Å². The Morgan fingerprint density at radius 3 is 2.87 bits per heavy atom. The molecule has 1 amide bonds. The van der Waals surface area contributed by atoms with Crippen molar-refractivity contribution in [2.24, 2.45) is 5.10 Å². The molecule has 1 aliphatic heterocycles. The van der Waals surface area contributed by atoms with Gasteiger partial charge in [-0.25, -0.2) is 5.01 Å². The number of hydrazone groups is 1. The third-order valence-electron chi connectivity index (χ3n) is 5.84. The minimum absolute atomic E-state index is 0.0256. The Balaban J connectivity index is 1.39. The molecule has 30 heavy (non-hydrogen) atoms. The molecule has 2 aliphatic rings. The standard InChI is InChI=1S/C23H24N4O2S/c1-16(17-5-2-10-24-14-17)26(18-8-9-18)15-23(28)27-20(22-7-4-12-30-22)13-19(25-27)21-6-3-11-29-21/h2-7,10-12,14,16,18,20H,8-9,13,15H2,1H3. The van der Waals surface area contributed by atoms with Crippen LogP contribution in [0.25, 0.3) is 0 Å². The minimum Gasteiger partial charge on any atom is -0.463 e. The normalized spacial score (nSPS) is 19.9. The predicted molar refractivity (Wildman–Crippen MR) is 116 cm³/mol. The van der Waals surface area contributed by atoms with Gasteiger partial charge in [-0.3, -0.25) is 14.7 Å². The Labute approximate surface area is 179 Å². The van der Waals surface area contributed by atoms with Gasteiger partial charge in [-0.1, -0.05) is 12.1 Å². The van der Waals surface area contributed by atoms with Crippen molar-refractivity contribution < 1.29 is 9.21 Å². The highest BCUT2D eigenvalue weighted by Gasteiger charge is 2.39. The molecular formula is C23H24N4O2S. The summed E-state index contributed by atoms with van der Waals surface area (Å²) in [6.45, 7) is 2.50. The lowest BCUT2D eigenvalue weighted by Gasteiger charge is -2.31. The van der Waals surface area contributed by atoms with E-state index < -0.39 is 0 Å². The number of carbonyl (C=O) groups excluding carboxylic acids is 1. The second kappa shape index (κ2) is 8.16. The monoisotopic (exact) mass is 420 g/mol. The van der Waals surface area contributed by atoms with Crippen molar-refractivity contribution in [3.63, 3.8) is 0 Å². The number of nitrogens with zero attached hydrogens (tertiary/aromatic N) is 4. The van der Waals surface area contributed by atoms with E-state index in [0.717, 1.165) is 34.8 Å². The fourth-order valence-electron chi connectivity index (χ4n) is 4.07. The second-order valence-electron chi connectivity index (χ2n) is 7.86. The highest BCUT2D eigenvalue weighted by atomic mass is 32.1. The highest BCUT2D eigenvalue weighted by Crippen LogP contribution is 2.37. The molecule has 6 nitrogen and oxygen atoms in total. The number of aromatic nitrogens is 1. The number of amides is 1. The molecule has 7 heteroatoms. The Bertz CT molecular complexity index is 1010. The molecular weight excluding hydrogens is 396 g/mol. The van der Waals surface area contributed by atoms with E-state index in [-0.39, 0.29) is 18.0 Å². The molecule has 4 heterocycles. The van der Waals surface area contributed by atoms with Crippen LogP contribution in [0.3, 0.4) is 0 Å². The van der Waals surface area contributed by atoms with Gasteiger partial charge in [0.1, 0.15) is 11.5 Å². The Hall–Kier alpha value is -2.77. The highest BCUT2D eigenvalue weighted by molar-refractivity contribution is 7.10. The summed E-state index contributed by atoms with van der Waals surface area (Å²) in [6, 6.07) is 12.4. The van der Waals surface area contributed by atoms with Crippen molar-refractivity contribution >= 4 is 23.0 Å². The van der Waals surface area contributed by atoms with Crippen molar-refractivity contribution in [1.29, 1.82) is 0 Å². The zero-order valence-corrected chi connectivity index (χ0v) is 17.7. The molecule has 2 unspecified atom stereocenters. The summed E-state index contributed by atoms with van der Waals surface area (Å²) in [7, 11) is 0. The average Bonchev–Trinajstić information content (AvgIpc) is 3.21. The minimum atomic E-state index is -0.0765. The maximum absolute atomic E-state index is 13.5. The lowest BCUT2D eigenvalue weighted by atomic mass is 10.1. The van der Waals surface area contributed by atoms with Gasteiger partial charge in [-0.15, -0.1) is 11.3 Å². The number of hydrogen-bond donors (Lipinski definition) is 0. The van der Waals surface area contributed by atoms with Crippen molar-refractivity contribution in [1.82, 2.24) is 14.9 Å². The zero-order valence-electron chi connectivity index (χ0n) is 16.8. The van der Waals surface area contributed by atoms with E-state index in [1.54, 1.807) is 28.8 Å². The Morgan fingerprint density at radius 2 is 2.20 bits per heavy atom. The van der Waals surface area contributed by atoms with Gasteiger partial charge in [-0.05, 0) is 55.0 Å². The third kappa shape index (κ3) is 3.82. The lowest BCUT2D eigenvalue weighted by Crippen LogP contribution is -2.40. The molecule has 3 aromatic rings. The molecule has 0 saturated heterocycles. The molecule has 2 atom stereocenters. The second-order valence-corrected chi connectivity index (χ2v) is 8.84. The number of thiophene rings is 1. The smallest absolute Gasteiger partial charge is 0.257 e. The van der Waals surface area contributed by atoms with Gasteiger partial charge < -0.3 is 4.42 Å². The largest absolute Gasteiger partial charge is 0.463 e. The summed E-state index contributed by atoms with van der Waals surface area (Å²) in [5.41, 5.74) is 1.96. The van der Waals surface area contributed by atoms with Gasteiger partial charge in [0.15, 0.2) is 0 Å². The van der Waals surface area contributed by atoms with Crippen molar-refractivity contribution in [2.45, 2.75) is 44.3 Å². The first kappa shape index (κ1) is 19.2. The molecule has 1 saturated carbocycles. The van der Waals surface area contributed by atoms with E-state index in [0.29, 0.717) is 19.0 Å².